The number of tetrazole rings is 1. The third-order valence-electron chi connectivity index (χ3n) is 3.13. The van der Waals surface area contributed by atoms with Crippen molar-refractivity contribution in [3.63, 3.8) is 0 Å². The highest BCUT2D eigenvalue weighted by Crippen LogP contribution is 2.14. The second-order valence-corrected chi connectivity index (χ2v) is 4.31. The summed E-state index contributed by atoms with van der Waals surface area (Å²) in [6.45, 7) is 0.568. The van der Waals surface area contributed by atoms with E-state index >= 15 is 0 Å². The van der Waals surface area contributed by atoms with Gasteiger partial charge in [0.2, 0.25) is 0 Å². The van der Waals surface area contributed by atoms with Gasteiger partial charge in [0.1, 0.15) is 0 Å². The van der Waals surface area contributed by atoms with Gasteiger partial charge in [-0.2, -0.15) is 5.21 Å². The van der Waals surface area contributed by atoms with Crippen molar-refractivity contribution in [2.75, 3.05) is 5.32 Å². The number of fused-ring (bicyclic) bond motifs is 1. The molecule has 0 aliphatic carbocycles. The summed E-state index contributed by atoms with van der Waals surface area (Å²) in [5, 5.41) is 16.5. The molecule has 0 spiro atoms. The first-order valence-corrected chi connectivity index (χ1v) is 5.78. The van der Waals surface area contributed by atoms with Crippen LogP contribution in [0.25, 0.3) is 11.0 Å². The summed E-state index contributed by atoms with van der Waals surface area (Å²) < 4.78 is 3.26. The number of nitrogens with one attached hydrogen (secondary N) is 2. The molecule has 1 aromatic carbocycles. The molecule has 20 heavy (non-hydrogen) atoms. The van der Waals surface area contributed by atoms with Crippen molar-refractivity contribution in [3.8, 4) is 0 Å². The summed E-state index contributed by atoms with van der Waals surface area (Å²) >= 11 is 0. The van der Waals surface area contributed by atoms with Crippen LogP contribution < -0.4 is 11.0 Å². The Morgan fingerprint density at radius 2 is 2.00 bits per heavy atom. The van der Waals surface area contributed by atoms with Crippen molar-refractivity contribution in [2.24, 2.45) is 14.1 Å². The lowest BCUT2D eigenvalue weighted by Gasteiger charge is -2.03. The molecule has 3 aromatic rings. The maximum Gasteiger partial charge on any atom is 0.328 e. The van der Waals surface area contributed by atoms with Gasteiger partial charge in [0.05, 0.1) is 11.0 Å². The Morgan fingerprint density at radius 1 is 1.25 bits per heavy atom. The van der Waals surface area contributed by atoms with Gasteiger partial charge >= 0.3 is 5.69 Å². The van der Waals surface area contributed by atoms with Crippen LogP contribution in [-0.2, 0) is 20.6 Å². The Balaban J connectivity index is 0.00000147. The molecule has 0 unspecified atom stereocenters. The highest BCUT2D eigenvalue weighted by molar-refractivity contribution is 5.85. The van der Waals surface area contributed by atoms with Crippen molar-refractivity contribution in [3.05, 3.63) is 34.2 Å². The Hall–Kier alpha value is -2.35. The normalized spacial score (nSPS) is 10.5. The van der Waals surface area contributed by atoms with E-state index in [1.807, 2.05) is 18.2 Å². The fraction of sp³-hybridized carbons (Fsp3) is 0.273. The largest absolute Gasteiger partial charge is 0.348 e. The first kappa shape index (κ1) is 14.1. The van der Waals surface area contributed by atoms with E-state index in [0.717, 1.165) is 16.6 Å². The highest BCUT2D eigenvalue weighted by Gasteiger charge is 2.08. The zero-order valence-electron chi connectivity index (χ0n) is 11.0. The van der Waals surface area contributed by atoms with Crippen molar-refractivity contribution < 1.29 is 0 Å². The lowest BCUT2D eigenvalue weighted by atomic mass is 10.2. The fourth-order valence-corrected chi connectivity index (χ4v) is 2.08. The van der Waals surface area contributed by atoms with Gasteiger partial charge in [0, 0.05) is 20.6 Å². The predicted molar refractivity (Wildman–Crippen MR) is 76.9 cm³/mol. The Kier molecular flexibility index (Phi) is 3.75. The van der Waals surface area contributed by atoms with Crippen molar-refractivity contribution in [2.45, 2.75) is 6.54 Å². The topological polar surface area (TPSA) is 93.4 Å². The van der Waals surface area contributed by atoms with Gasteiger partial charge in [-0.25, -0.2) is 4.79 Å². The number of anilines is 1. The molecule has 0 fully saturated rings. The minimum atomic E-state index is -0.0294. The van der Waals surface area contributed by atoms with E-state index < -0.39 is 0 Å². The molecule has 9 heteroatoms. The minimum absolute atomic E-state index is 0. The number of halogens is 1. The van der Waals surface area contributed by atoms with Crippen LogP contribution in [-0.4, -0.2) is 29.8 Å². The van der Waals surface area contributed by atoms with Crippen LogP contribution in [0, 0.1) is 0 Å². The minimum Gasteiger partial charge on any atom is -0.348 e. The summed E-state index contributed by atoms with van der Waals surface area (Å²) in [5.41, 5.74) is 2.83. The summed E-state index contributed by atoms with van der Waals surface area (Å²) in [7, 11) is 3.53. The van der Waals surface area contributed by atoms with Crippen LogP contribution in [0.2, 0.25) is 0 Å². The molecule has 0 saturated carbocycles. The number of imidazole rings is 1. The molecule has 8 nitrogen and oxygen atoms in total. The second kappa shape index (κ2) is 5.33. The monoisotopic (exact) mass is 295 g/mol. The van der Waals surface area contributed by atoms with Crippen LogP contribution in [0.5, 0.6) is 0 Å². The standard InChI is InChI=1S/C11H13N7O.ClH/c1-17-8-4-3-7(5-9(8)18(2)11(17)19)6-12-10-13-15-16-14-10;/h3-5H,6H2,1-2H3,(H2,12,13,14,15,16);1H. The lowest BCUT2D eigenvalue weighted by molar-refractivity contribution is 0.795. The average Bonchev–Trinajstić information content (AvgIpc) is 3.01. The molecule has 0 amide bonds. The van der Waals surface area contributed by atoms with Gasteiger partial charge in [-0.3, -0.25) is 9.13 Å². The zero-order chi connectivity index (χ0) is 13.4. The van der Waals surface area contributed by atoms with Crippen molar-refractivity contribution in [1.82, 2.24) is 29.8 Å². The predicted octanol–water partition coefficient (Wildman–Crippen LogP) is 0.424. The number of aromatic nitrogens is 6. The van der Waals surface area contributed by atoms with Gasteiger partial charge in [-0.05, 0) is 22.9 Å². The van der Waals surface area contributed by atoms with Gasteiger partial charge in [-0.15, -0.1) is 17.5 Å². The smallest absolute Gasteiger partial charge is 0.328 e. The van der Waals surface area contributed by atoms with Gasteiger partial charge in [0.15, 0.2) is 0 Å². The molecule has 0 aliphatic heterocycles. The number of aromatic amines is 1. The molecule has 2 N–H and O–H groups in total. The molecular formula is C11H14ClN7O. The number of aryl methyl sites for hydroxylation is 2. The summed E-state index contributed by atoms with van der Waals surface area (Å²) in [5.74, 6) is 0.446. The SMILES string of the molecule is Cl.Cn1c(=O)n(C)c2cc(CNc3nn[nH]n3)ccc21. The van der Waals surface area contributed by atoms with E-state index in [1.165, 1.54) is 0 Å². The third-order valence-corrected chi connectivity index (χ3v) is 3.13. The number of hydrogen-bond acceptors (Lipinski definition) is 5. The molecule has 106 valence electrons. The highest BCUT2D eigenvalue weighted by atomic mass is 35.5. The second-order valence-electron chi connectivity index (χ2n) is 4.31. The Labute approximate surface area is 120 Å². The molecule has 0 bridgehead atoms. The average molecular weight is 296 g/mol. The summed E-state index contributed by atoms with van der Waals surface area (Å²) in [6.07, 6.45) is 0. The molecular weight excluding hydrogens is 282 g/mol. The maximum absolute atomic E-state index is 11.8. The van der Waals surface area contributed by atoms with Crippen molar-refractivity contribution >= 4 is 29.4 Å². The third kappa shape index (κ3) is 2.25. The molecule has 0 atom stereocenters. The molecule has 3 rings (SSSR count). The number of rotatable bonds is 3. The van der Waals surface area contributed by atoms with Gasteiger partial charge in [-0.1, -0.05) is 11.2 Å². The van der Waals surface area contributed by atoms with Gasteiger partial charge < -0.3 is 5.32 Å². The van der Waals surface area contributed by atoms with Crippen LogP contribution in [0.3, 0.4) is 0 Å². The molecule has 2 heterocycles. The van der Waals surface area contributed by atoms with E-state index in [0.29, 0.717) is 12.5 Å². The van der Waals surface area contributed by atoms with Crippen LogP contribution in [0.1, 0.15) is 5.56 Å². The fourth-order valence-electron chi connectivity index (χ4n) is 2.08. The first-order valence-electron chi connectivity index (χ1n) is 5.78. The Bertz CT molecular complexity index is 774. The number of nitrogens with zero attached hydrogens (tertiary/aromatic N) is 5. The Morgan fingerprint density at radius 3 is 2.70 bits per heavy atom. The van der Waals surface area contributed by atoms with Crippen LogP contribution in [0.15, 0.2) is 23.0 Å². The summed E-state index contributed by atoms with van der Waals surface area (Å²) in [6, 6.07) is 5.88. The number of hydrogen-bond donors (Lipinski definition) is 2. The van der Waals surface area contributed by atoms with Crippen LogP contribution in [0.4, 0.5) is 5.95 Å². The molecule has 0 saturated heterocycles. The quantitative estimate of drug-likeness (QED) is 0.730. The molecule has 2 aromatic heterocycles. The van der Waals surface area contributed by atoms with Crippen LogP contribution >= 0.6 is 12.4 Å². The van der Waals surface area contributed by atoms with E-state index in [9.17, 15) is 4.79 Å². The first-order chi connectivity index (χ1) is 9.16. The zero-order valence-corrected chi connectivity index (χ0v) is 11.8. The van der Waals surface area contributed by atoms with E-state index in [1.54, 1.807) is 23.2 Å². The maximum atomic E-state index is 11.8. The van der Waals surface area contributed by atoms with Crippen molar-refractivity contribution in [1.29, 1.82) is 0 Å². The van der Waals surface area contributed by atoms with E-state index in [-0.39, 0.29) is 18.1 Å². The molecule has 0 aliphatic rings. The summed E-state index contributed by atoms with van der Waals surface area (Å²) in [4.78, 5) is 11.8. The van der Waals surface area contributed by atoms with E-state index in [4.69, 9.17) is 0 Å². The van der Waals surface area contributed by atoms with E-state index in [2.05, 4.69) is 25.9 Å². The van der Waals surface area contributed by atoms with Gasteiger partial charge in [0.25, 0.3) is 5.95 Å². The molecule has 0 radical (unpaired) electrons. The lowest BCUT2D eigenvalue weighted by Crippen LogP contribution is -2.19. The number of H-pyrrole nitrogens is 1. The number of benzene rings is 1.